The molecule has 120 valence electrons. The Morgan fingerprint density at radius 2 is 2.18 bits per heavy atom. The molecule has 2 aliphatic rings. The molecule has 0 bridgehead atoms. The van der Waals surface area contributed by atoms with Gasteiger partial charge in [-0.05, 0) is 5.92 Å². The molecule has 1 aromatic rings. The van der Waals surface area contributed by atoms with E-state index < -0.39 is 6.10 Å². The molecule has 0 unspecified atom stereocenters. The van der Waals surface area contributed by atoms with Gasteiger partial charge in [-0.15, -0.1) is 0 Å². The normalized spacial score (nSPS) is 22.8. The van der Waals surface area contributed by atoms with Crippen molar-refractivity contribution < 1.29 is 9.63 Å². The molecule has 3 heterocycles. The highest BCUT2D eigenvalue weighted by Crippen LogP contribution is 2.19. The van der Waals surface area contributed by atoms with Gasteiger partial charge < -0.3 is 9.74 Å². The monoisotopic (exact) mass is 306 g/mol. The minimum absolute atomic E-state index is 0.0544. The van der Waals surface area contributed by atoms with Crippen LogP contribution < -0.4 is 0 Å². The Labute approximate surface area is 129 Å². The number of hydrogen-bond donors (Lipinski definition) is 1. The third-order valence-electron chi connectivity index (χ3n) is 4.16. The molecule has 0 spiro atoms. The number of nitrogens with one attached hydrogen (secondary N) is 1. The van der Waals surface area contributed by atoms with E-state index in [9.17, 15) is 4.79 Å². The molecular weight excluding hydrogens is 284 g/mol. The number of hydrogen-bond acceptors (Lipinski definition) is 6. The minimum atomic E-state index is -0.432. The molecule has 1 atom stereocenters. The van der Waals surface area contributed by atoms with Crippen molar-refractivity contribution in [1.29, 1.82) is 0 Å². The molecule has 2 aliphatic heterocycles. The van der Waals surface area contributed by atoms with Crippen molar-refractivity contribution in [1.82, 2.24) is 25.0 Å². The zero-order valence-electron chi connectivity index (χ0n) is 13.0. The SMILES string of the molecule is CC(C)C1=NO[C@@H](C(=O)N2CCN(Cc3ncn[nH]3)CC2)C1. The van der Waals surface area contributed by atoms with Crippen molar-refractivity contribution in [3.8, 4) is 0 Å². The van der Waals surface area contributed by atoms with Gasteiger partial charge in [0.05, 0.1) is 12.3 Å². The largest absolute Gasteiger partial charge is 0.382 e. The lowest BCUT2D eigenvalue weighted by atomic mass is 10.0. The highest BCUT2D eigenvalue weighted by atomic mass is 16.6. The van der Waals surface area contributed by atoms with E-state index in [-0.39, 0.29) is 5.91 Å². The van der Waals surface area contributed by atoms with E-state index in [4.69, 9.17) is 4.84 Å². The van der Waals surface area contributed by atoms with Crippen LogP contribution >= 0.6 is 0 Å². The number of amides is 1. The van der Waals surface area contributed by atoms with Gasteiger partial charge >= 0.3 is 0 Å². The number of rotatable bonds is 4. The van der Waals surface area contributed by atoms with Gasteiger partial charge in [0.1, 0.15) is 12.2 Å². The van der Waals surface area contributed by atoms with Crippen molar-refractivity contribution in [3.05, 3.63) is 12.2 Å². The first-order valence-corrected chi connectivity index (χ1v) is 7.71. The Kier molecular flexibility index (Phi) is 4.37. The summed E-state index contributed by atoms with van der Waals surface area (Å²) in [6, 6.07) is 0. The molecule has 1 amide bonds. The fourth-order valence-corrected chi connectivity index (χ4v) is 2.72. The second-order valence-corrected chi connectivity index (χ2v) is 6.07. The second kappa shape index (κ2) is 6.43. The Morgan fingerprint density at radius 1 is 1.41 bits per heavy atom. The summed E-state index contributed by atoms with van der Waals surface area (Å²) in [7, 11) is 0. The first kappa shape index (κ1) is 15.0. The van der Waals surface area contributed by atoms with Gasteiger partial charge in [-0.25, -0.2) is 4.98 Å². The topological polar surface area (TPSA) is 86.7 Å². The van der Waals surface area contributed by atoms with E-state index in [1.54, 1.807) is 0 Å². The number of nitrogens with zero attached hydrogens (tertiary/aromatic N) is 5. The van der Waals surface area contributed by atoms with Crippen LogP contribution in [0, 0.1) is 5.92 Å². The number of aromatic nitrogens is 3. The molecule has 1 saturated heterocycles. The van der Waals surface area contributed by atoms with Gasteiger partial charge in [-0.2, -0.15) is 5.10 Å². The van der Waals surface area contributed by atoms with Gasteiger partial charge in [0.25, 0.3) is 5.91 Å². The van der Waals surface area contributed by atoms with E-state index in [1.165, 1.54) is 6.33 Å². The molecule has 3 rings (SSSR count). The summed E-state index contributed by atoms with van der Waals surface area (Å²) >= 11 is 0. The van der Waals surface area contributed by atoms with Gasteiger partial charge in [0.2, 0.25) is 6.10 Å². The van der Waals surface area contributed by atoms with Crippen molar-refractivity contribution >= 4 is 11.6 Å². The predicted octanol–water partition coefficient (Wildman–Crippen LogP) is 0.250. The minimum Gasteiger partial charge on any atom is -0.382 e. The van der Waals surface area contributed by atoms with Crippen LogP contribution in [0.3, 0.4) is 0 Å². The lowest BCUT2D eigenvalue weighted by Gasteiger charge is -2.34. The first-order valence-electron chi connectivity index (χ1n) is 7.71. The molecule has 1 fully saturated rings. The quantitative estimate of drug-likeness (QED) is 0.861. The molecule has 8 nitrogen and oxygen atoms in total. The first-order chi connectivity index (χ1) is 10.6. The fourth-order valence-electron chi connectivity index (χ4n) is 2.72. The molecule has 0 aromatic carbocycles. The number of carbonyl (C=O) groups is 1. The number of carbonyl (C=O) groups excluding carboxylic acids is 1. The van der Waals surface area contributed by atoms with Crippen LogP contribution in [0.1, 0.15) is 26.1 Å². The molecular formula is C14H22N6O2. The lowest BCUT2D eigenvalue weighted by molar-refractivity contribution is -0.143. The van der Waals surface area contributed by atoms with Crippen LogP contribution in [-0.2, 0) is 16.2 Å². The van der Waals surface area contributed by atoms with Crippen LogP contribution in [0.4, 0.5) is 0 Å². The number of oxime groups is 1. The van der Waals surface area contributed by atoms with Crippen LogP contribution in [0.5, 0.6) is 0 Å². The second-order valence-electron chi connectivity index (χ2n) is 6.07. The van der Waals surface area contributed by atoms with Crippen LogP contribution in [0.15, 0.2) is 11.5 Å². The highest BCUT2D eigenvalue weighted by molar-refractivity contribution is 5.93. The van der Waals surface area contributed by atoms with E-state index in [2.05, 4.69) is 39.1 Å². The van der Waals surface area contributed by atoms with Crippen molar-refractivity contribution in [2.75, 3.05) is 26.2 Å². The molecule has 0 saturated carbocycles. The molecule has 0 aliphatic carbocycles. The van der Waals surface area contributed by atoms with E-state index in [1.807, 2.05) is 4.90 Å². The summed E-state index contributed by atoms with van der Waals surface area (Å²) in [5.41, 5.74) is 0.974. The van der Waals surface area contributed by atoms with Crippen molar-refractivity contribution in [2.24, 2.45) is 11.1 Å². The fraction of sp³-hybridized carbons (Fsp3) is 0.714. The van der Waals surface area contributed by atoms with Gasteiger partial charge in [-0.3, -0.25) is 14.8 Å². The van der Waals surface area contributed by atoms with E-state index >= 15 is 0 Å². The Hall–Kier alpha value is -1.96. The van der Waals surface area contributed by atoms with Gasteiger partial charge in [0.15, 0.2) is 0 Å². The third-order valence-corrected chi connectivity index (χ3v) is 4.16. The third kappa shape index (κ3) is 3.27. The summed E-state index contributed by atoms with van der Waals surface area (Å²) < 4.78 is 0. The average molecular weight is 306 g/mol. The van der Waals surface area contributed by atoms with Crippen LogP contribution in [0.2, 0.25) is 0 Å². The molecule has 1 N–H and O–H groups in total. The van der Waals surface area contributed by atoms with Crippen molar-refractivity contribution in [2.45, 2.75) is 32.9 Å². The lowest BCUT2D eigenvalue weighted by Crippen LogP contribution is -2.51. The summed E-state index contributed by atoms with van der Waals surface area (Å²) in [6.07, 6.45) is 1.70. The van der Waals surface area contributed by atoms with Crippen LogP contribution in [-0.4, -0.2) is 68.9 Å². The summed E-state index contributed by atoms with van der Waals surface area (Å²) in [6.45, 7) is 7.96. The molecule has 1 aromatic heterocycles. The predicted molar refractivity (Wildman–Crippen MR) is 80.0 cm³/mol. The van der Waals surface area contributed by atoms with E-state index in [0.717, 1.165) is 31.2 Å². The van der Waals surface area contributed by atoms with E-state index in [0.29, 0.717) is 25.4 Å². The average Bonchev–Trinajstić information content (AvgIpc) is 3.18. The highest BCUT2D eigenvalue weighted by Gasteiger charge is 2.34. The number of piperazine rings is 1. The molecule has 22 heavy (non-hydrogen) atoms. The summed E-state index contributed by atoms with van der Waals surface area (Å²) in [4.78, 5) is 26.0. The maximum atomic E-state index is 12.5. The maximum absolute atomic E-state index is 12.5. The number of aromatic amines is 1. The zero-order valence-corrected chi connectivity index (χ0v) is 13.0. The van der Waals surface area contributed by atoms with Crippen LogP contribution in [0.25, 0.3) is 0 Å². The smallest absolute Gasteiger partial charge is 0.266 e. The van der Waals surface area contributed by atoms with Crippen molar-refractivity contribution in [3.63, 3.8) is 0 Å². The Bertz CT molecular complexity index is 534. The Balaban J connectivity index is 1.46. The maximum Gasteiger partial charge on any atom is 0.266 e. The standard InChI is InChI=1S/C14H22N6O2/c1-10(2)11-7-12(22-18-11)14(21)20-5-3-19(4-6-20)8-13-15-9-16-17-13/h9-10,12H,3-8H2,1-2H3,(H,15,16,17)/t12-/m1/s1. The van der Waals surface area contributed by atoms with Gasteiger partial charge in [-0.1, -0.05) is 19.0 Å². The molecule has 0 radical (unpaired) electrons. The Morgan fingerprint density at radius 3 is 2.77 bits per heavy atom. The number of H-pyrrole nitrogens is 1. The molecule has 8 heteroatoms. The zero-order chi connectivity index (χ0) is 15.5. The summed E-state index contributed by atoms with van der Waals surface area (Å²) in [5.74, 6) is 1.24. The van der Waals surface area contributed by atoms with Gasteiger partial charge in [0, 0.05) is 32.6 Å². The summed E-state index contributed by atoms with van der Waals surface area (Å²) in [5, 5.41) is 10.7.